The molecule has 6 heteroatoms. The van der Waals surface area contributed by atoms with Gasteiger partial charge < -0.3 is 19.0 Å². The highest BCUT2D eigenvalue weighted by atomic mass is 16.5. The van der Waals surface area contributed by atoms with E-state index in [4.69, 9.17) is 13.9 Å². The van der Waals surface area contributed by atoms with Gasteiger partial charge in [-0.2, -0.15) is 0 Å². The summed E-state index contributed by atoms with van der Waals surface area (Å²) < 4.78 is 16.5. The molecule has 0 saturated carbocycles. The molecular formula is C21H30N2O4. The standard InChI is InChI=1S/C21H30N2O4/c1-16-4-5-19(27-16)15-22-7-8-23(18(14-22)6-9-24)13-17-10-20(25-2)12-21(11-17)26-3/h4-5,10-12,18,24H,6-9,13-15H2,1-3H3. The molecule has 1 fully saturated rings. The lowest BCUT2D eigenvalue weighted by molar-refractivity contribution is 0.0466. The maximum atomic E-state index is 9.54. The third-order valence-electron chi connectivity index (χ3n) is 5.12. The smallest absolute Gasteiger partial charge is 0.122 e. The number of benzene rings is 1. The molecule has 0 spiro atoms. The monoisotopic (exact) mass is 374 g/mol. The minimum atomic E-state index is 0.191. The molecule has 1 aliphatic heterocycles. The molecule has 1 aromatic carbocycles. The van der Waals surface area contributed by atoms with Crippen LogP contribution in [0, 0.1) is 6.92 Å². The van der Waals surface area contributed by atoms with Crippen molar-refractivity contribution in [3.05, 3.63) is 47.4 Å². The second-order valence-corrected chi connectivity index (χ2v) is 7.10. The van der Waals surface area contributed by atoms with Gasteiger partial charge >= 0.3 is 0 Å². The highest BCUT2D eigenvalue weighted by Crippen LogP contribution is 2.25. The number of rotatable bonds is 8. The molecule has 1 aromatic heterocycles. The van der Waals surface area contributed by atoms with Gasteiger partial charge in [0.2, 0.25) is 0 Å². The number of methoxy groups -OCH3 is 2. The molecule has 1 saturated heterocycles. The number of furan rings is 1. The van der Waals surface area contributed by atoms with Crippen LogP contribution in [0.2, 0.25) is 0 Å². The quantitative estimate of drug-likeness (QED) is 0.767. The Labute approximate surface area is 161 Å². The first-order valence-electron chi connectivity index (χ1n) is 9.45. The van der Waals surface area contributed by atoms with Gasteiger partial charge in [0, 0.05) is 44.9 Å². The fraction of sp³-hybridized carbons (Fsp3) is 0.524. The van der Waals surface area contributed by atoms with E-state index in [1.54, 1.807) is 14.2 Å². The zero-order chi connectivity index (χ0) is 19.2. The Morgan fingerprint density at radius 1 is 1.07 bits per heavy atom. The van der Waals surface area contributed by atoms with Crippen molar-refractivity contribution < 1.29 is 19.0 Å². The number of ether oxygens (including phenoxy) is 2. The molecule has 3 rings (SSSR count). The summed E-state index contributed by atoms with van der Waals surface area (Å²) in [5.41, 5.74) is 1.16. The molecule has 1 unspecified atom stereocenters. The van der Waals surface area contributed by atoms with Gasteiger partial charge in [0.1, 0.15) is 23.0 Å². The maximum absolute atomic E-state index is 9.54. The highest BCUT2D eigenvalue weighted by molar-refractivity contribution is 5.38. The molecule has 0 aliphatic carbocycles. The van der Waals surface area contributed by atoms with E-state index in [2.05, 4.69) is 21.9 Å². The van der Waals surface area contributed by atoms with E-state index >= 15 is 0 Å². The second kappa shape index (κ2) is 9.26. The van der Waals surface area contributed by atoms with Crippen molar-refractivity contribution in [3.63, 3.8) is 0 Å². The number of nitrogens with zero attached hydrogens (tertiary/aromatic N) is 2. The van der Waals surface area contributed by atoms with Crippen molar-refractivity contribution >= 4 is 0 Å². The van der Waals surface area contributed by atoms with Crippen molar-refractivity contribution in [1.82, 2.24) is 9.80 Å². The Balaban J connectivity index is 1.67. The summed E-state index contributed by atoms with van der Waals surface area (Å²) >= 11 is 0. The molecule has 1 aliphatic rings. The Bertz CT molecular complexity index is 708. The van der Waals surface area contributed by atoms with Crippen LogP contribution in [0.1, 0.15) is 23.5 Å². The van der Waals surface area contributed by atoms with Crippen LogP contribution < -0.4 is 9.47 Å². The van der Waals surface area contributed by atoms with E-state index in [0.29, 0.717) is 6.04 Å². The zero-order valence-electron chi connectivity index (χ0n) is 16.5. The number of hydrogen-bond acceptors (Lipinski definition) is 6. The van der Waals surface area contributed by atoms with E-state index in [1.165, 1.54) is 0 Å². The van der Waals surface area contributed by atoms with E-state index in [9.17, 15) is 5.11 Å². The maximum Gasteiger partial charge on any atom is 0.122 e. The van der Waals surface area contributed by atoms with Crippen LogP contribution in [-0.2, 0) is 13.1 Å². The molecule has 27 heavy (non-hydrogen) atoms. The molecule has 1 N–H and O–H groups in total. The molecular weight excluding hydrogens is 344 g/mol. The van der Waals surface area contributed by atoms with Gasteiger partial charge in [-0.25, -0.2) is 0 Å². The molecule has 0 bridgehead atoms. The zero-order valence-corrected chi connectivity index (χ0v) is 16.5. The van der Waals surface area contributed by atoms with Crippen molar-refractivity contribution in [2.75, 3.05) is 40.5 Å². The minimum Gasteiger partial charge on any atom is -0.497 e. The summed E-state index contributed by atoms with van der Waals surface area (Å²) in [4.78, 5) is 4.84. The van der Waals surface area contributed by atoms with E-state index < -0.39 is 0 Å². The SMILES string of the molecule is COc1cc(CN2CCN(Cc3ccc(C)o3)CC2CCO)cc(OC)c1. The number of aryl methyl sites for hydroxylation is 1. The molecule has 1 atom stereocenters. The Morgan fingerprint density at radius 3 is 2.41 bits per heavy atom. The number of piperazine rings is 1. The number of hydrogen-bond donors (Lipinski definition) is 1. The molecule has 0 amide bonds. The molecule has 148 valence electrons. The van der Waals surface area contributed by atoms with Gasteiger partial charge in [0.05, 0.1) is 20.8 Å². The predicted molar refractivity (Wildman–Crippen MR) is 104 cm³/mol. The average Bonchev–Trinajstić information content (AvgIpc) is 3.08. The van der Waals surface area contributed by atoms with Gasteiger partial charge in [-0.15, -0.1) is 0 Å². The van der Waals surface area contributed by atoms with E-state index in [1.807, 2.05) is 25.1 Å². The van der Waals surface area contributed by atoms with Crippen LogP contribution in [0.15, 0.2) is 34.7 Å². The van der Waals surface area contributed by atoms with Crippen molar-refractivity contribution in [1.29, 1.82) is 0 Å². The van der Waals surface area contributed by atoms with E-state index in [0.717, 1.165) is 67.7 Å². The third-order valence-corrected chi connectivity index (χ3v) is 5.12. The lowest BCUT2D eigenvalue weighted by atomic mass is 10.1. The first kappa shape index (κ1) is 19.7. The summed E-state index contributed by atoms with van der Waals surface area (Å²) in [6.07, 6.45) is 0.759. The van der Waals surface area contributed by atoms with Gasteiger partial charge in [0.25, 0.3) is 0 Å². The summed E-state index contributed by atoms with van der Waals surface area (Å²) in [5, 5.41) is 9.54. The van der Waals surface area contributed by atoms with E-state index in [-0.39, 0.29) is 6.61 Å². The second-order valence-electron chi connectivity index (χ2n) is 7.10. The number of aliphatic hydroxyl groups is 1. The minimum absolute atomic E-state index is 0.191. The number of aliphatic hydroxyl groups excluding tert-OH is 1. The third kappa shape index (κ3) is 5.25. The molecule has 2 aromatic rings. The normalized spacial score (nSPS) is 18.6. The molecule has 2 heterocycles. The molecule has 6 nitrogen and oxygen atoms in total. The van der Waals surface area contributed by atoms with Crippen LogP contribution >= 0.6 is 0 Å². The fourth-order valence-corrected chi connectivity index (χ4v) is 3.71. The van der Waals surface area contributed by atoms with Crippen molar-refractivity contribution in [3.8, 4) is 11.5 Å². The van der Waals surface area contributed by atoms with Crippen LogP contribution in [-0.4, -0.2) is 61.4 Å². The lowest BCUT2D eigenvalue weighted by Crippen LogP contribution is -2.52. The lowest BCUT2D eigenvalue weighted by Gasteiger charge is -2.41. The predicted octanol–water partition coefficient (Wildman–Crippen LogP) is 2.67. The largest absolute Gasteiger partial charge is 0.497 e. The van der Waals surface area contributed by atoms with Crippen LogP contribution in [0.3, 0.4) is 0 Å². The van der Waals surface area contributed by atoms with Crippen LogP contribution in [0.5, 0.6) is 11.5 Å². The average molecular weight is 374 g/mol. The Hall–Kier alpha value is -2.02. The van der Waals surface area contributed by atoms with Gasteiger partial charge in [-0.1, -0.05) is 0 Å². The Morgan fingerprint density at radius 2 is 1.81 bits per heavy atom. The first-order chi connectivity index (χ1) is 13.1. The fourth-order valence-electron chi connectivity index (χ4n) is 3.71. The highest BCUT2D eigenvalue weighted by Gasteiger charge is 2.27. The van der Waals surface area contributed by atoms with Crippen molar-refractivity contribution in [2.45, 2.75) is 32.5 Å². The summed E-state index contributed by atoms with van der Waals surface area (Å²) in [5.74, 6) is 3.55. The van der Waals surface area contributed by atoms with Crippen LogP contribution in [0.4, 0.5) is 0 Å². The summed E-state index contributed by atoms with van der Waals surface area (Å²) in [7, 11) is 3.34. The van der Waals surface area contributed by atoms with Gasteiger partial charge in [0.15, 0.2) is 0 Å². The van der Waals surface area contributed by atoms with Crippen LogP contribution in [0.25, 0.3) is 0 Å². The topological polar surface area (TPSA) is 58.3 Å². The van der Waals surface area contributed by atoms with Gasteiger partial charge in [-0.05, 0) is 43.2 Å². The van der Waals surface area contributed by atoms with Gasteiger partial charge in [-0.3, -0.25) is 9.80 Å². The molecule has 0 radical (unpaired) electrons. The van der Waals surface area contributed by atoms with Crippen molar-refractivity contribution in [2.24, 2.45) is 0 Å². The summed E-state index contributed by atoms with van der Waals surface area (Å²) in [6.45, 7) is 6.63. The Kier molecular flexibility index (Phi) is 6.77. The summed E-state index contributed by atoms with van der Waals surface area (Å²) in [6, 6.07) is 10.3. The first-order valence-corrected chi connectivity index (χ1v) is 9.45.